The summed E-state index contributed by atoms with van der Waals surface area (Å²) in [4.78, 5) is 10.5. The van der Waals surface area contributed by atoms with E-state index in [0.29, 0.717) is 5.82 Å². The molecule has 0 spiro atoms. The van der Waals surface area contributed by atoms with Gasteiger partial charge in [0.2, 0.25) is 0 Å². The summed E-state index contributed by atoms with van der Waals surface area (Å²) in [6.07, 6.45) is 0. The summed E-state index contributed by atoms with van der Waals surface area (Å²) in [5, 5.41) is 5.36. The van der Waals surface area contributed by atoms with Crippen LogP contribution >= 0.6 is 0 Å². The Kier molecular flexibility index (Phi) is 4.76. The minimum atomic E-state index is -0.164. The first kappa shape index (κ1) is 24.7. The molecule has 4 nitrogen and oxygen atoms in total. The topological polar surface area (TPSA) is 52.1 Å². The molecule has 0 amide bonds. The zero-order chi connectivity index (χ0) is 29.9. The van der Waals surface area contributed by atoms with E-state index in [2.05, 4.69) is 98.8 Å². The lowest BCUT2D eigenvalue weighted by atomic mass is 9.82. The Labute approximate surface area is 258 Å². The van der Waals surface area contributed by atoms with Crippen LogP contribution in [0.2, 0.25) is 0 Å². The maximum Gasteiger partial charge on any atom is 0.160 e. The standard InChI is InChI=1S/C41H26N2O2/c1-41(2)30-19-16-24(22-29(30)35-31(41)20-17-27-25-12-6-8-14-33(25)44-38(27)35)40-42-32-21-18-28-26-13-7-9-15-34(26)45-39(28)36(32)37(43-40)23-10-4-3-5-11-23/h3-22H,1-2H3. The fourth-order valence-electron chi connectivity index (χ4n) is 7.49. The number of rotatable bonds is 2. The van der Waals surface area contributed by atoms with Gasteiger partial charge in [-0.3, -0.25) is 0 Å². The van der Waals surface area contributed by atoms with E-state index in [1.165, 1.54) is 22.3 Å². The van der Waals surface area contributed by atoms with Crippen LogP contribution in [0.25, 0.3) is 88.6 Å². The second kappa shape index (κ2) is 8.67. The molecule has 1 aliphatic rings. The van der Waals surface area contributed by atoms with Crippen molar-refractivity contribution in [2.45, 2.75) is 19.3 Å². The van der Waals surface area contributed by atoms with Gasteiger partial charge in [-0.05, 0) is 47.0 Å². The zero-order valence-corrected chi connectivity index (χ0v) is 24.8. The lowest BCUT2D eigenvalue weighted by molar-refractivity contribution is 0.653. The van der Waals surface area contributed by atoms with Gasteiger partial charge in [-0.1, -0.05) is 105 Å². The number of furan rings is 2. The van der Waals surface area contributed by atoms with E-state index < -0.39 is 0 Å². The van der Waals surface area contributed by atoms with Gasteiger partial charge in [0.05, 0.1) is 16.6 Å². The monoisotopic (exact) mass is 578 g/mol. The predicted molar refractivity (Wildman–Crippen MR) is 183 cm³/mol. The summed E-state index contributed by atoms with van der Waals surface area (Å²) in [7, 11) is 0. The quantitative estimate of drug-likeness (QED) is 0.205. The first-order chi connectivity index (χ1) is 22.1. The molecule has 0 saturated heterocycles. The first-order valence-electron chi connectivity index (χ1n) is 15.3. The number of nitrogens with zero attached hydrogens (tertiary/aromatic N) is 2. The molecule has 0 N–H and O–H groups in total. The molecule has 0 bridgehead atoms. The van der Waals surface area contributed by atoms with Gasteiger partial charge in [0, 0.05) is 43.7 Å². The average Bonchev–Trinajstić information content (AvgIpc) is 3.72. The largest absolute Gasteiger partial charge is 0.455 e. The highest BCUT2D eigenvalue weighted by Gasteiger charge is 2.38. The van der Waals surface area contributed by atoms with Crippen molar-refractivity contribution >= 4 is 54.8 Å². The summed E-state index contributed by atoms with van der Waals surface area (Å²) in [5.41, 5.74) is 12.0. The second-order valence-corrected chi connectivity index (χ2v) is 12.5. The van der Waals surface area contributed by atoms with Crippen LogP contribution in [-0.2, 0) is 5.41 Å². The van der Waals surface area contributed by atoms with Gasteiger partial charge in [0.1, 0.15) is 22.3 Å². The Hall–Kier alpha value is -5.74. The fraction of sp³-hybridized carbons (Fsp3) is 0.0732. The summed E-state index contributed by atoms with van der Waals surface area (Å²) in [5.74, 6) is 0.683. The van der Waals surface area contributed by atoms with Crippen molar-refractivity contribution in [2.75, 3.05) is 0 Å². The van der Waals surface area contributed by atoms with Crippen LogP contribution in [-0.4, -0.2) is 9.97 Å². The summed E-state index contributed by atoms with van der Waals surface area (Å²) in [6, 6.07) is 42.2. The van der Waals surface area contributed by atoms with Gasteiger partial charge in [-0.15, -0.1) is 0 Å². The van der Waals surface area contributed by atoms with E-state index >= 15 is 0 Å². The number of hydrogen-bond acceptors (Lipinski definition) is 4. The van der Waals surface area contributed by atoms with Crippen molar-refractivity contribution in [3.63, 3.8) is 0 Å². The van der Waals surface area contributed by atoms with Crippen LogP contribution in [0.5, 0.6) is 0 Å². The van der Waals surface area contributed by atoms with Crippen molar-refractivity contribution in [1.82, 2.24) is 9.97 Å². The van der Waals surface area contributed by atoms with Crippen LogP contribution in [0.1, 0.15) is 25.0 Å². The lowest BCUT2D eigenvalue weighted by Crippen LogP contribution is -2.14. The molecule has 4 heteroatoms. The highest BCUT2D eigenvalue weighted by atomic mass is 16.3. The van der Waals surface area contributed by atoms with Gasteiger partial charge < -0.3 is 8.83 Å². The van der Waals surface area contributed by atoms with Crippen molar-refractivity contribution in [3.05, 3.63) is 132 Å². The van der Waals surface area contributed by atoms with Crippen molar-refractivity contribution in [2.24, 2.45) is 0 Å². The molecule has 0 unspecified atom stereocenters. The normalized spacial score (nSPS) is 13.7. The molecule has 0 saturated carbocycles. The van der Waals surface area contributed by atoms with E-state index in [4.69, 9.17) is 18.8 Å². The second-order valence-electron chi connectivity index (χ2n) is 12.5. The molecule has 212 valence electrons. The van der Waals surface area contributed by atoms with E-state index in [-0.39, 0.29) is 5.41 Å². The molecule has 3 heterocycles. The molecule has 6 aromatic carbocycles. The molecular weight excluding hydrogens is 552 g/mol. The predicted octanol–water partition coefficient (Wildman–Crippen LogP) is 11.1. The Morgan fingerprint density at radius 2 is 1.18 bits per heavy atom. The molecule has 0 atom stereocenters. The van der Waals surface area contributed by atoms with Crippen LogP contribution in [0.3, 0.4) is 0 Å². The molecule has 10 rings (SSSR count). The number of para-hydroxylation sites is 2. The molecule has 9 aromatic rings. The molecule has 1 aliphatic carbocycles. The van der Waals surface area contributed by atoms with Gasteiger partial charge in [-0.25, -0.2) is 9.97 Å². The lowest BCUT2D eigenvalue weighted by Gasteiger charge is -2.21. The number of fused-ring (bicyclic) bond motifs is 12. The van der Waals surface area contributed by atoms with Gasteiger partial charge in [-0.2, -0.15) is 0 Å². The summed E-state index contributed by atoms with van der Waals surface area (Å²) >= 11 is 0. The van der Waals surface area contributed by atoms with Crippen molar-refractivity contribution in [1.29, 1.82) is 0 Å². The smallest absolute Gasteiger partial charge is 0.160 e. The Balaban J connectivity index is 1.25. The zero-order valence-electron chi connectivity index (χ0n) is 24.8. The van der Waals surface area contributed by atoms with Crippen LogP contribution < -0.4 is 0 Å². The maximum absolute atomic E-state index is 6.55. The van der Waals surface area contributed by atoms with Crippen LogP contribution in [0.15, 0.2) is 130 Å². The Morgan fingerprint density at radius 3 is 1.96 bits per heavy atom. The maximum atomic E-state index is 6.55. The molecule has 45 heavy (non-hydrogen) atoms. The SMILES string of the molecule is CC1(C)c2ccc(-c3nc(-c4ccccc4)c4c(ccc5c6ccccc6oc54)n3)cc2-c2c1ccc1c2oc2ccccc21. The third-order valence-electron chi connectivity index (χ3n) is 9.69. The minimum Gasteiger partial charge on any atom is -0.455 e. The van der Waals surface area contributed by atoms with E-state index in [9.17, 15) is 0 Å². The van der Waals surface area contributed by atoms with Gasteiger partial charge in [0.25, 0.3) is 0 Å². The highest BCUT2D eigenvalue weighted by molar-refractivity contribution is 6.18. The van der Waals surface area contributed by atoms with Crippen molar-refractivity contribution < 1.29 is 8.83 Å². The Morgan fingerprint density at radius 1 is 0.533 bits per heavy atom. The number of benzene rings is 6. The van der Waals surface area contributed by atoms with Crippen LogP contribution in [0, 0.1) is 0 Å². The highest BCUT2D eigenvalue weighted by Crippen LogP contribution is 2.53. The van der Waals surface area contributed by atoms with E-state index in [1.54, 1.807) is 0 Å². The fourth-order valence-corrected chi connectivity index (χ4v) is 7.49. The van der Waals surface area contributed by atoms with E-state index in [0.717, 1.165) is 71.6 Å². The van der Waals surface area contributed by atoms with Gasteiger partial charge in [0.15, 0.2) is 5.82 Å². The minimum absolute atomic E-state index is 0.164. The molecule has 0 fully saturated rings. The van der Waals surface area contributed by atoms with Crippen LogP contribution in [0.4, 0.5) is 0 Å². The van der Waals surface area contributed by atoms with Crippen molar-refractivity contribution in [3.8, 4) is 33.8 Å². The third kappa shape index (κ3) is 3.31. The number of aromatic nitrogens is 2. The average molecular weight is 579 g/mol. The Bertz CT molecular complexity index is 2680. The molecule has 0 radical (unpaired) electrons. The first-order valence-corrected chi connectivity index (χ1v) is 15.3. The molecule has 0 aliphatic heterocycles. The number of hydrogen-bond donors (Lipinski definition) is 0. The summed E-state index contributed by atoms with van der Waals surface area (Å²) in [6.45, 7) is 4.59. The van der Waals surface area contributed by atoms with Gasteiger partial charge >= 0.3 is 0 Å². The molecule has 3 aromatic heterocycles. The van der Waals surface area contributed by atoms with E-state index in [1.807, 2.05) is 36.4 Å². The third-order valence-corrected chi connectivity index (χ3v) is 9.69. The molecular formula is C41H26N2O2. The summed E-state index contributed by atoms with van der Waals surface area (Å²) < 4.78 is 13.0.